The van der Waals surface area contributed by atoms with Gasteiger partial charge in [-0.05, 0) is 12.1 Å². The predicted molar refractivity (Wildman–Crippen MR) is 69.6 cm³/mol. The van der Waals surface area contributed by atoms with Crippen molar-refractivity contribution in [1.29, 1.82) is 0 Å². The number of carboxylic acid groups (broad SMARTS) is 1. The maximum Gasteiger partial charge on any atom is 0.341 e. The van der Waals surface area contributed by atoms with Gasteiger partial charge >= 0.3 is 11.7 Å². The molecule has 0 aromatic heterocycles. The van der Waals surface area contributed by atoms with E-state index in [1.807, 2.05) is 0 Å². The zero-order valence-electron chi connectivity index (χ0n) is 10.8. The van der Waals surface area contributed by atoms with Gasteiger partial charge in [0, 0.05) is 19.2 Å². The number of hydrogen-bond acceptors (Lipinski definition) is 6. The lowest BCUT2D eigenvalue weighted by atomic mass is 9.99. The number of aliphatic carboxylic acids is 1. The van der Waals surface area contributed by atoms with Crippen LogP contribution in [-0.2, 0) is 14.6 Å². The number of carbonyl (C=O) groups is 1. The lowest BCUT2D eigenvalue weighted by Crippen LogP contribution is -2.50. The lowest BCUT2D eigenvalue weighted by molar-refractivity contribution is -0.384. The Hall–Kier alpha value is -2.30. The zero-order valence-corrected chi connectivity index (χ0v) is 11.7. The summed E-state index contributed by atoms with van der Waals surface area (Å²) < 4.78 is 47.6. The van der Waals surface area contributed by atoms with E-state index in [-0.39, 0.29) is 18.8 Å². The summed E-state index contributed by atoms with van der Waals surface area (Å²) in [5.74, 6) is -5.40. The van der Waals surface area contributed by atoms with E-state index < -0.39 is 43.0 Å². The highest BCUT2D eigenvalue weighted by molar-refractivity contribution is 7.91. The molecule has 11 heteroatoms. The van der Waals surface area contributed by atoms with Gasteiger partial charge in [0.25, 0.3) is 5.69 Å². The second-order valence-electron chi connectivity index (χ2n) is 4.65. The standard InChI is InChI=1S/C11H10F2N2O6S/c12-11(13)22(20,21)7-1-2-8(9(3-7)15(18)19)14-4-6(5-14)10(16)17/h1-3,6,11H,4-5H2,(H,16,17). The first-order valence-electron chi connectivity index (χ1n) is 5.93. The fourth-order valence-electron chi connectivity index (χ4n) is 2.03. The van der Waals surface area contributed by atoms with Crippen molar-refractivity contribution >= 4 is 27.2 Å². The molecule has 8 nitrogen and oxygen atoms in total. The van der Waals surface area contributed by atoms with Crippen molar-refractivity contribution in [3.63, 3.8) is 0 Å². The fourth-order valence-corrected chi connectivity index (χ4v) is 2.77. The third-order valence-electron chi connectivity index (χ3n) is 3.28. The summed E-state index contributed by atoms with van der Waals surface area (Å²) in [6.45, 7) is 0.0498. The van der Waals surface area contributed by atoms with E-state index in [4.69, 9.17) is 5.11 Å². The first-order chi connectivity index (χ1) is 10.1. The second-order valence-corrected chi connectivity index (χ2v) is 6.57. The third-order valence-corrected chi connectivity index (χ3v) is 4.66. The number of sulfone groups is 1. The molecule has 0 atom stereocenters. The molecule has 0 amide bonds. The monoisotopic (exact) mass is 336 g/mol. The van der Waals surface area contributed by atoms with Crippen LogP contribution in [0.25, 0.3) is 0 Å². The van der Waals surface area contributed by atoms with E-state index in [9.17, 15) is 32.1 Å². The van der Waals surface area contributed by atoms with Gasteiger partial charge in [0.1, 0.15) is 5.69 Å². The highest BCUT2D eigenvalue weighted by Gasteiger charge is 2.37. The third kappa shape index (κ3) is 2.71. The van der Waals surface area contributed by atoms with E-state index in [2.05, 4.69) is 0 Å². The van der Waals surface area contributed by atoms with Crippen LogP contribution in [0.2, 0.25) is 0 Å². The Morgan fingerprint density at radius 3 is 2.45 bits per heavy atom. The van der Waals surface area contributed by atoms with Crippen molar-refractivity contribution in [3.05, 3.63) is 28.3 Å². The summed E-state index contributed by atoms with van der Waals surface area (Å²) in [6.07, 6.45) is 0. The number of halogens is 2. The van der Waals surface area contributed by atoms with Gasteiger partial charge in [-0.3, -0.25) is 14.9 Å². The number of nitro groups is 1. The molecule has 22 heavy (non-hydrogen) atoms. The molecule has 1 aliphatic rings. The van der Waals surface area contributed by atoms with Crippen LogP contribution in [-0.4, -0.2) is 43.3 Å². The summed E-state index contributed by atoms with van der Waals surface area (Å²) >= 11 is 0. The fraction of sp³-hybridized carbons (Fsp3) is 0.364. The predicted octanol–water partition coefficient (Wildman–Crippen LogP) is 1.11. The minimum Gasteiger partial charge on any atom is -0.481 e. The minimum absolute atomic E-state index is 0.00397. The number of nitro benzene ring substituents is 1. The van der Waals surface area contributed by atoms with Crippen molar-refractivity contribution in [2.24, 2.45) is 5.92 Å². The van der Waals surface area contributed by atoms with Crippen LogP contribution in [0, 0.1) is 16.0 Å². The summed E-state index contributed by atoms with van der Waals surface area (Å²) in [4.78, 5) is 21.3. The van der Waals surface area contributed by atoms with Gasteiger partial charge in [-0.15, -0.1) is 0 Å². The van der Waals surface area contributed by atoms with Gasteiger partial charge in [-0.2, -0.15) is 8.78 Å². The summed E-state index contributed by atoms with van der Waals surface area (Å²) in [5, 5.41) is 19.8. The van der Waals surface area contributed by atoms with Gasteiger partial charge in [0.05, 0.1) is 15.7 Å². The van der Waals surface area contributed by atoms with Crippen molar-refractivity contribution < 1.29 is 32.0 Å². The first kappa shape index (κ1) is 16.1. The topological polar surface area (TPSA) is 118 Å². The summed E-state index contributed by atoms with van der Waals surface area (Å²) in [6, 6.07) is 2.44. The molecule has 1 heterocycles. The van der Waals surface area contributed by atoms with Crippen molar-refractivity contribution in [3.8, 4) is 0 Å². The van der Waals surface area contributed by atoms with Crippen LogP contribution in [0.15, 0.2) is 23.1 Å². The van der Waals surface area contributed by atoms with E-state index in [0.717, 1.165) is 12.1 Å². The molecule has 1 aromatic rings. The maximum absolute atomic E-state index is 12.5. The molecule has 1 aliphatic heterocycles. The largest absolute Gasteiger partial charge is 0.481 e. The molecule has 1 saturated heterocycles. The zero-order chi connectivity index (χ0) is 16.7. The van der Waals surface area contributed by atoms with E-state index in [1.54, 1.807) is 0 Å². The molecule has 0 radical (unpaired) electrons. The van der Waals surface area contributed by atoms with Crippen molar-refractivity contribution in [2.75, 3.05) is 18.0 Å². The molecule has 0 saturated carbocycles. The Balaban J connectivity index is 2.38. The number of anilines is 1. The lowest BCUT2D eigenvalue weighted by Gasteiger charge is -2.38. The van der Waals surface area contributed by atoms with Crippen LogP contribution in [0.1, 0.15) is 0 Å². The number of alkyl halides is 2. The van der Waals surface area contributed by atoms with Crippen LogP contribution in [0.3, 0.4) is 0 Å². The Morgan fingerprint density at radius 1 is 1.41 bits per heavy atom. The normalized spacial score (nSPS) is 15.7. The van der Waals surface area contributed by atoms with E-state index in [1.165, 1.54) is 4.90 Å². The van der Waals surface area contributed by atoms with Crippen LogP contribution in [0.4, 0.5) is 20.2 Å². The number of carboxylic acids is 1. The van der Waals surface area contributed by atoms with Gasteiger partial charge in [0.2, 0.25) is 9.84 Å². The van der Waals surface area contributed by atoms with Crippen LogP contribution in [0.5, 0.6) is 0 Å². The molecule has 1 aromatic carbocycles. The summed E-state index contributed by atoms with van der Waals surface area (Å²) in [5.41, 5.74) is -0.665. The van der Waals surface area contributed by atoms with Crippen molar-refractivity contribution in [1.82, 2.24) is 0 Å². The first-order valence-corrected chi connectivity index (χ1v) is 7.47. The molecule has 0 aliphatic carbocycles. The van der Waals surface area contributed by atoms with E-state index >= 15 is 0 Å². The molecule has 1 fully saturated rings. The van der Waals surface area contributed by atoms with Crippen LogP contribution >= 0.6 is 0 Å². The Labute approximate surface area is 123 Å². The number of benzene rings is 1. The van der Waals surface area contributed by atoms with Gasteiger partial charge in [-0.25, -0.2) is 8.42 Å². The quantitative estimate of drug-likeness (QED) is 0.632. The number of rotatable bonds is 5. The highest BCUT2D eigenvalue weighted by Crippen LogP contribution is 2.35. The van der Waals surface area contributed by atoms with Gasteiger partial charge < -0.3 is 10.0 Å². The number of nitrogens with zero attached hydrogens (tertiary/aromatic N) is 2. The van der Waals surface area contributed by atoms with Crippen molar-refractivity contribution in [2.45, 2.75) is 10.7 Å². The molecule has 2 rings (SSSR count). The number of hydrogen-bond donors (Lipinski definition) is 1. The average Bonchev–Trinajstić information content (AvgIpc) is 2.36. The summed E-state index contributed by atoms with van der Waals surface area (Å²) in [7, 11) is -4.94. The molecular weight excluding hydrogens is 326 g/mol. The Bertz CT molecular complexity index is 730. The SMILES string of the molecule is O=C(O)C1CN(c2ccc(S(=O)(=O)C(F)F)cc2[N+](=O)[O-])C1. The second kappa shape index (κ2) is 5.48. The Kier molecular flexibility index (Phi) is 4.00. The minimum atomic E-state index is -4.94. The molecule has 0 bridgehead atoms. The van der Waals surface area contributed by atoms with Gasteiger partial charge in [0.15, 0.2) is 0 Å². The highest BCUT2D eigenvalue weighted by atomic mass is 32.2. The van der Waals surface area contributed by atoms with Gasteiger partial charge in [-0.1, -0.05) is 0 Å². The van der Waals surface area contributed by atoms with E-state index in [0.29, 0.717) is 6.07 Å². The molecule has 1 N–H and O–H groups in total. The Morgan fingerprint density at radius 2 is 2.00 bits per heavy atom. The molecule has 0 spiro atoms. The maximum atomic E-state index is 12.5. The van der Waals surface area contributed by atoms with Crippen LogP contribution < -0.4 is 4.90 Å². The molecule has 120 valence electrons. The molecule has 0 unspecified atom stereocenters. The smallest absolute Gasteiger partial charge is 0.341 e. The molecular formula is C11H10F2N2O6S. The average molecular weight is 336 g/mol.